The number of ether oxygens (including phenoxy) is 1. The van der Waals surface area contributed by atoms with Gasteiger partial charge in [-0.15, -0.1) is 0 Å². The molecule has 0 aliphatic heterocycles. The fraction of sp³-hybridized carbons (Fsp3) is 0.0769. The van der Waals surface area contributed by atoms with Crippen molar-refractivity contribution in [2.45, 2.75) is 13.3 Å². The number of hydrogen-bond donors (Lipinski definition) is 1. The van der Waals surface area contributed by atoms with E-state index in [4.69, 9.17) is 10.00 Å². The van der Waals surface area contributed by atoms with Crippen LogP contribution < -0.4 is 4.74 Å². The van der Waals surface area contributed by atoms with Gasteiger partial charge in [-0.05, 0) is 94.9 Å². The summed E-state index contributed by atoms with van der Waals surface area (Å²) < 4.78 is 19.7. The van der Waals surface area contributed by atoms with Crippen molar-refractivity contribution in [3.8, 4) is 17.6 Å². The molecule has 0 fully saturated rings. The predicted octanol–water partition coefficient (Wildman–Crippen LogP) is 6.29. The highest BCUT2D eigenvalue weighted by Gasteiger charge is 2.25. The fourth-order valence-corrected chi connectivity index (χ4v) is 3.70. The summed E-state index contributed by atoms with van der Waals surface area (Å²) in [6.45, 7) is 1.86. The van der Waals surface area contributed by atoms with Crippen LogP contribution in [0.1, 0.15) is 35.6 Å². The standard InChI is InChI=1S/C26H18FNO3/c1-16-23(22-10-7-19(27)13-25(22)24(16)14-26(29)30)12-18-3-2-4-21(11-18)31-20-8-5-17(15-28)6-9-20/h2-13H,14H2,1H3,(H,29,30)/b23-12-. The van der Waals surface area contributed by atoms with Gasteiger partial charge >= 0.3 is 5.97 Å². The Morgan fingerprint density at radius 1 is 1.06 bits per heavy atom. The lowest BCUT2D eigenvalue weighted by Gasteiger charge is -2.08. The van der Waals surface area contributed by atoms with Crippen LogP contribution in [0.4, 0.5) is 4.39 Å². The van der Waals surface area contributed by atoms with E-state index in [0.717, 1.165) is 22.3 Å². The number of carboxylic acid groups (broad SMARTS) is 1. The van der Waals surface area contributed by atoms with Crippen LogP contribution in [0.2, 0.25) is 0 Å². The number of carboxylic acids is 1. The van der Waals surface area contributed by atoms with E-state index >= 15 is 0 Å². The average Bonchev–Trinajstić information content (AvgIpc) is 2.99. The Morgan fingerprint density at radius 2 is 1.84 bits per heavy atom. The summed E-state index contributed by atoms with van der Waals surface area (Å²) in [6, 6.07) is 20.9. The number of rotatable bonds is 5. The minimum Gasteiger partial charge on any atom is -0.481 e. The molecule has 0 saturated carbocycles. The molecule has 1 aliphatic rings. The second kappa shape index (κ2) is 8.29. The molecule has 0 saturated heterocycles. The average molecular weight is 411 g/mol. The van der Waals surface area contributed by atoms with Crippen molar-refractivity contribution >= 4 is 23.2 Å². The van der Waals surface area contributed by atoms with Gasteiger partial charge in [0.15, 0.2) is 0 Å². The lowest BCUT2D eigenvalue weighted by molar-refractivity contribution is -0.135. The lowest BCUT2D eigenvalue weighted by atomic mass is 10.0. The molecule has 0 atom stereocenters. The second-order valence-electron chi connectivity index (χ2n) is 7.23. The molecule has 0 heterocycles. The van der Waals surface area contributed by atoms with Crippen molar-refractivity contribution in [2.24, 2.45) is 0 Å². The molecule has 1 aliphatic carbocycles. The van der Waals surface area contributed by atoms with Crippen molar-refractivity contribution in [3.63, 3.8) is 0 Å². The van der Waals surface area contributed by atoms with Crippen LogP contribution in [-0.2, 0) is 4.79 Å². The van der Waals surface area contributed by atoms with Gasteiger partial charge in [-0.1, -0.05) is 18.2 Å². The SMILES string of the molecule is CC1=C(CC(=O)O)c2cc(F)ccc2/C1=C\c1cccc(Oc2ccc(C#N)cc2)c1. The molecule has 0 amide bonds. The van der Waals surface area contributed by atoms with E-state index in [1.165, 1.54) is 12.1 Å². The molecule has 3 aromatic rings. The smallest absolute Gasteiger partial charge is 0.307 e. The number of benzene rings is 3. The van der Waals surface area contributed by atoms with Gasteiger partial charge < -0.3 is 9.84 Å². The molecule has 0 unspecified atom stereocenters. The number of nitrogens with zero attached hydrogens (tertiary/aromatic N) is 1. The van der Waals surface area contributed by atoms with Gasteiger partial charge in [0.25, 0.3) is 0 Å². The van der Waals surface area contributed by atoms with Crippen molar-refractivity contribution < 1.29 is 19.0 Å². The maximum absolute atomic E-state index is 13.8. The Balaban J connectivity index is 1.69. The van der Waals surface area contributed by atoms with Gasteiger partial charge in [-0.2, -0.15) is 5.26 Å². The zero-order valence-corrected chi connectivity index (χ0v) is 16.7. The zero-order valence-electron chi connectivity index (χ0n) is 16.7. The largest absolute Gasteiger partial charge is 0.481 e. The minimum atomic E-state index is -0.955. The number of hydrogen-bond acceptors (Lipinski definition) is 3. The molecule has 31 heavy (non-hydrogen) atoms. The highest BCUT2D eigenvalue weighted by Crippen LogP contribution is 2.44. The van der Waals surface area contributed by atoms with E-state index in [1.54, 1.807) is 30.3 Å². The fourth-order valence-electron chi connectivity index (χ4n) is 3.70. The van der Waals surface area contributed by atoms with E-state index in [1.807, 2.05) is 37.3 Å². The van der Waals surface area contributed by atoms with Gasteiger partial charge in [-0.3, -0.25) is 4.79 Å². The van der Waals surface area contributed by atoms with Gasteiger partial charge in [-0.25, -0.2) is 4.39 Å². The third-order valence-corrected chi connectivity index (χ3v) is 5.17. The highest BCUT2D eigenvalue weighted by molar-refractivity contribution is 6.07. The monoisotopic (exact) mass is 411 g/mol. The molecule has 3 aromatic carbocycles. The van der Waals surface area contributed by atoms with Gasteiger partial charge in [0.05, 0.1) is 18.1 Å². The molecule has 152 valence electrons. The van der Waals surface area contributed by atoms with Crippen LogP contribution in [0.25, 0.3) is 17.2 Å². The summed E-state index contributed by atoms with van der Waals surface area (Å²) in [7, 11) is 0. The van der Waals surface area contributed by atoms with Crippen molar-refractivity contribution in [2.75, 3.05) is 0 Å². The van der Waals surface area contributed by atoms with Gasteiger partial charge in [0.2, 0.25) is 0 Å². The number of fused-ring (bicyclic) bond motifs is 1. The Bertz CT molecular complexity index is 1280. The number of carbonyl (C=O) groups is 1. The quantitative estimate of drug-likeness (QED) is 0.535. The Labute approximate surface area is 179 Å². The number of aliphatic carboxylic acids is 1. The van der Waals surface area contributed by atoms with Crippen molar-refractivity contribution in [3.05, 3.63) is 100 Å². The van der Waals surface area contributed by atoms with E-state index in [2.05, 4.69) is 6.07 Å². The molecule has 5 heteroatoms. The van der Waals surface area contributed by atoms with E-state index in [-0.39, 0.29) is 6.42 Å². The number of allylic oxidation sites excluding steroid dienone is 2. The summed E-state index contributed by atoms with van der Waals surface area (Å²) in [5, 5.41) is 18.2. The Hall–Kier alpha value is -4.17. The maximum Gasteiger partial charge on any atom is 0.307 e. The second-order valence-corrected chi connectivity index (χ2v) is 7.23. The first-order valence-electron chi connectivity index (χ1n) is 9.66. The Morgan fingerprint density at radius 3 is 2.55 bits per heavy atom. The molecule has 0 aromatic heterocycles. The van der Waals surface area contributed by atoms with Crippen LogP contribution in [0.15, 0.2) is 72.3 Å². The predicted molar refractivity (Wildman–Crippen MR) is 117 cm³/mol. The van der Waals surface area contributed by atoms with E-state index < -0.39 is 11.8 Å². The first kappa shape index (κ1) is 20.1. The topological polar surface area (TPSA) is 70.3 Å². The summed E-state index contributed by atoms with van der Waals surface area (Å²) >= 11 is 0. The first-order valence-corrected chi connectivity index (χ1v) is 9.66. The molecule has 0 radical (unpaired) electrons. The van der Waals surface area contributed by atoms with Crippen molar-refractivity contribution in [1.29, 1.82) is 5.26 Å². The number of halogens is 1. The maximum atomic E-state index is 13.8. The molecule has 1 N–H and O–H groups in total. The summed E-state index contributed by atoms with van der Waals surface area (Å²) in [4.78, 5) is 11.3. The highest BCUT2D eigenvalue weighted by atomic mass is 19.1. The third-order valence-electron chi connectivity index (χ3n) is 5.17. The first-order chi connectivity index (χ1) is 14.9. The van der Waals surface area contributed by atoms with Crippen LogP contribution in [0.3, 0.4) is 0 Å². The van der Waals surface area contributed by atoms with Gasteiger partial charge in [0.1, 0.15) is 17.3 Å². The van der Waals surface area contributed by atoms with Crippen LogP contribution >= 0.6 is 0 Å². The minimum absolute atomic E-state index is 0.165. The summed E-state index contributed by atoms with van der Waals surface area (Å²) in [5.41, 5.74) is 5.17. The van der Waals surface area contributed by atoms with Crippen LogP contribution in [-0.4, -0.2) is 11.1 Å². The number of nitriles is 1. The third kappa shape index (κ3) is 4.24. The van der Waals surface area contributed by atoms with Crippen LogP contribution in [0, 0.1) is 17.1 Å². The van der Waals surface area contributed by atoms with Gasteiger partial charge in [0, 0.05) is 0 Å². The Kier molecular flexibility index (Phi) is 5.38. The summed E-state index contributed by atoms with van der Waals surface area (Å²) in [5.74, 6) is -0.105. The van der Waals surface area contributed by atoms with E-state index in [9.17, 15) is 14.3 Å². The summed E-state index contributed by atoms with van der Waals surface area (Å²) in [6.07, 6.45) is 1.79. The normalized spacial score (nSPS) is 13.8. The van der Waals surface area contributed by atoms with Crippen LogP contribution in [0.5, 0.6) is 11.5 Å². The molecule has 4 nitrogen and oxygen atoms in total. The van der Waals surface area contributed by atoms with Crippen molar-refractivity contribution in [1.82, 2.24) is 0 Å². The molecule has 0 spiro atoms. The lowest BCUT2D eigenvalue weighted by Crippen LogP contribution is -1.97. The zero-order chi connectivity index (χ0) is 22.0. The van der Waals surface area contributed by atoms with E-state index in [0.29, 0.717) is 28.2 Å². The molecular formula is C26H18FNO3. The molecule has 4 rings (SSSR count). The molecular weight excluding hydrogens is 393 g/mol. The molecule has 0 bridgehead atoms.